The maximum absolute atomic E-state index is 12.2. The highest BCUT2D eigenvalue weighted by atomic mass is 32.2. The monoisotopic (exact) mass is 321 g/mol. The Labute approximate surface area is 125 Å². The summed E-state index contributed by atoms with van der Waals surface area (Å²) >= 11 is 0. The number of nitrogens with zero attached hydrogens (tertiary/aromatic N) is 1. The van der Waals surface area contributed by atoms with Gasteiger partial charge in [0, 0.05) is 0 Å². The van der Waals surface area contributed by atoms with E-state index in [0.717, 1.165) is 6.26 Å². The van der Waals surface area contributed by atoms with Gasteiger partial charge in [0.15, 0.2) is 5.78 Å². The van der Waals surface area contributed by atoms with E-state index in [1.54, 1.807) is 20.8 Å². The minimum atomic E-state index is -3.61. The van der Waals surface area contributed by atoms with Gasteiger partial charge in [0.2, 0.25) is 0 Å². The second kappa shape index (κ2) is 6.31. The molecule has 0 aromatic heterocycles. The van der Waals surface area contributed by atoms with E-state index in [-0.39, 0.29) is 12.3 Å². The zero-order valence-corrected chi connectivity index (χ0v) is 13.9. The molecular weight excluding hydrogens is 298 g/mol. The van der Waals surface area contributed by atoms with Gasteiger partial charge in [0.05, 0.1) is 24.9 Å². The molecule has 2 unspecified atom stereocenters. The van der Waals surface area contributed by atoms with E-state index in [0.29, 0.717) is 12.8 Å². The Hall–Kier alpha value is -1.15. The Morgan fingerprint density at radius 3 is 2.19 bits per heavy atom. The van der Waals surface area contributed by atoms with Crippen molar-refractivity contribution >= 4 is 22.0 Å². The van der Waals surface area contributed by atoms with Crippen molar-refractivity contribution in [2.45, 2.75) is 58.3 Å². The van der Waals surface area contributed by atoms with Crippen LogP contribution in [0.5, 0.6) is 0 Å². The zero-order valence-electron chi connectivity index (χ0n) is 13.1. The summed E-state index contributed by atoms with van der Waals surface area (Å²) in [7, 11) is -3.61. The molecule has 1 heterocycles. The molecule has 1 rings (SSSR count). The van der Waals surface area contributed by atoms with Gasteiger partial charge in [0.25, 0.3) is 10.1 Å². The molecule has 7 nitrogen and oxygen atoms in total. The number of rotatable bonds is 3. The number of amides is 1. The van der Waals surface area contributed by atoms with E-state index in [2.05, 4.69) is 0 Å². The van der Waals surface area contributed by atoms with Gasteiger partial charge < -0.3 is 4.74 Å². The first-order valence-electron chi connectivity index (χ1n) is 6.77. The van der Waals surface area contributed by atoms with E-state index in [1.165, 1.54) is 11.8 Å². The van der Waals surface area contributed by atoms with Gasteiger partial charge >= 0.3 is 6.09 Å². The number of likely N-dealkylation sites (tertiary alicyclic amines) is 1. The van der Waals surface area contributed by atoms with Gasteiger partial charge in [0.1, 0.15) is 5.60 Å². The number of hydrogen-bond donors (Lipinski definition) is 0. The molecule has 0 aromatic carbocycles. The average molecular weight is 321 g/mol. The van der Waals surface area contributed by atoms with Gasteiger partial charge in [-0.05, 0) is 40.5 Å². The summed E-state index contributed by atoms with van der Waals surface area (Å²) in [5.74, 6) is -0.154. The fourth-order valence-electron chi connectivity index (χ4n) is 2.21. The van der Waals surface area contributed by atoms with E-state index in [4.69, 9.17) is 8.92 Å². The molecule has 2 atom stereocenters. The van der Waals surface area contributed by atoms with E-state index >= 15 is 0 Å². The summed E-state index contributed by atoms with van der Waals surface area (Å²) < 4.78 is 32.6. The highest BCUT2D eigenvalue weighted by Gasteiger charge is 2.37. The summed E-state index contributed by atoms with van der Waals surface area (Å²) in [6.07, 6.45) is 0.431. The Balaban J connectivity index is 2.86. The molecule has 122 valence electrons. The summed E-state index contributed by atoms with van der Waals surface area (Å²) in [4.78, 5) is 25.1. The van der Waals surface area contributed by atoms with Crippen molar-refractivity contribution < 1.29 is 26.9 Å². The maximum Gasteiger partial charge on any atom is 0.410 e. The number of piperidine rings is 1. The standard InChI is InChI=1S/C13H23NO6S/c1-9(15)11-7-6-10(20-21(5,17)18)8-14(11)12(16)19-13(2,3)4/h10-11H,6-8H2,1-5H3. The molecule has 1 saturated heterocycles. The first kappa shape index (κ1) is 17.9. The molecule has 1 fully saturated rings. The van der Waals surface area contributed by atoms with Crippen molar-refractivity contribution in [3.8, 4) is 0 Å². The Kier molecular flexibility index (Phi) is 5.38. The number of ether oxygens (including phenoxy) is 1. The Morgan fingerprint density at radius 1 is 1.19 bits per heavy atom. The third-order valence-corrected chi connectivity index (χ3v) is 3.57. The molecule has 1 aliphatic rings. The van der Waals surface area contributed by atoms with Crippen molar-refractivity contribution in [1.82, 2.24) is 4.90 Å². The van der Waals surface area contributed by atoms with Crippen LogP contribution in [0.3, 0.4) is 0 Å². The van der Waals surface area contributed by atoms with Crippen LogP contribution >= 0.6 is 0 Å². The normalized spacial score (nSPS) is 23.8. The van der Waals surface area contributed by atoms with Crippen LogP contribution in [0, 0.1) is 0 Å². The number of carbonyl (C=O) groups excluding carboxylic acids is 2. The van der Waals surface area contributed by atoms with Gasteiger partial charge in [-0.1, -0.05) is 0 Å². The van der Waals surface area contributed by atoms with Crippen molar-refractivity contribution in [1.29, 1.82) is 0 Å². The third kappa shape index (κ3) is 6.01. The lowest BCUT2D eigenvalue weighted by Crippen LogP contribution is -2.53. The molecule has 0 spiro atoms. The van der Waals surface area contributed by atoms with Gasteiger partial charge in [-0.3, -0.25) is 13.9 Å². The highest BCUT2D eigenvalue weighted by Crippen LogP contribution is 2.23. The molecule has 0 saturated carbocycles. The predicted molar refractivity (Wildman–Crippen MR) is 76.4 cm³/mol. The van der Waals surface area contributed by atoms with Crippen LogP contribution in [0.15, 0.2) is 0 Å². The van der Waals surface area contributed by atoms with E-state index in [9.17, 15) is 18.0 Å². The van der Waals surface area contributed by atoms with Crippen molar-refractivity contribution in [2.75, 3.05) is 12.8 Å². The molecule has 0 N–H and O–H groups in total. The number of ketones is 1. The SMILES string of the molecule is CC(=O)C1CCC(OS(C)(=O)=O)CN1C(=O)OC(C)(C)C. The first-order chi connectivity index (χ1) is 9.39. The molecule has 0 bridgehead atoms. The van der Waals surface area contributed by atoms with Crippen LogP contribution in [-0.2, 0) is 23.8 Å². The van der Waals surface area contributed by atoms with Gasteiger partial charge in [-0.25, -0.2) is 4.79 Å². The van der Waals surface area contributed by atoms with Gasteiger partial charge in [-0.2, -0.15) is 8.42 Å². The highest BCUT2D eigenvalue weighted by molar-refractivity contribution is 7.86. The Bertz CT molecular complexity index is 507. The smallest absolute Gasteiger partial charge is 0.410 e. The molecule has 0 aromatic rings. The summed E-state index contributed by atoms with van der Waals surface area (Å²) in [5.41, 5.74) is -0.691. The topological polar surface area (TPSA) is 90.0 Å². The average Bonchev–Trinajstić information content (AvgIpc) is 2.23. The second-order valence-electron chi connectivity index (χ2n) is 6.26. The zero-order chi connectivity index (χ0) is 16.4. The van der Waals surface area contributed by atoms with Crippen LogP contribution in [0.25, 0.3) is 0 Å². The molecule has 1 amide bonds. The second-order valence-corrected chi connectivity index (χ2v) is 7.86. The predicted octanol–water partition coefficient (Wildman–Crippen LogP) is 1.32. The van der Waals surface area contributed by atoms with Gasteiger partial charge in [-0.15, -0.1) is 0 Å². The van der Waals surface area contributed by atoms with Crippen LogP contribution in [0.2, 0.25) is 0 Å². The third-order valence-electron chi connectivity index (χ3n) is 2.95. The van der Waals surface area contributed by atoms with Crippen molar-refractivity contribution in [3.05, 3.63) is 0 Å². The maximum atomic E-state index is 12.2. The Morgan fingerprint density at radius 2 is 1.76 bits per heavy atom. The molecule has 1 aliphatic heterocycles. The van der Waals surface area contributed by atoms with Crippen molar-refractivity contribution in [2.24, 2.45) is 0 Å². The number of hydrogen-bond acceptors (Lipinski definition) is 6. The van der Waals surface area contributed by atoms with E-state index < -0.39 is 34.0 Å². The van der Waals surface area contributed by atoms with Crippen molar-refractivity contribution in [3.63, 3.8) is 0 Å². The van der Waals surface area contributed by atoms with E-state index in [1.807, 2.05) is 0 Å². The van der Waals surface area contributed by atoms with Crippen LogP contribution in [-0.4, -0.2) is 55.7 Å². The van der Waals surface area contributed by atoms with Crippen LogP contribution < -0.4 is 0 Å². The van der Waals surface area contributed by atoms with Crippen LogP contribution in [0.1, 0.15) is 40.5 Å². The van der Waals surface area contributed by atoms with Crippen LogP contribution in [0.4, 0.5) is 4.79 Å². The summed E-state index contributed by atoms with van der Waals surface area (Å²) in [6, 6.07) is -0.598. The minimum Gasteiger partial charge on any atom is -0.444 e. The fourth-order valence-corrected chi connectivity index (χ4v) is 2.86. The lowest BCUT2D eigenvalue weighted by atomic mass is 9.98. The largest absolute Gasteiger partial charge is 0.444 e. The quantitative estimate of drug-likeness (QED) is 0.728. The molecule has 21 heavy (non-hydrogen) atoms. The molecular formula is C13H23NO6S. The molecule has 0 radical (unpaired) electrons. The summed E-state index contributed by atoms with van der Waals surface area (Å²) in [6.45, 7) is 6.60. The first-order valence-corrected chi connectivity index (χ1v) is 8.59. The molecule has 8 heteroatoms. The number of Topliss-reactive ketones (excluding diaryl/α,β-unsaturated/α-hetero) is 1. The minimum absolute atomic E-state index is 0.0201. The summed E-state index contributed by atoms with van der Waals surface area (Å²) in [5, 5.41) is 0. The molecule has 0 aliphatic carbocycles. The lowest BCUT2D eigenvalue weighted by Gasteiger charge is -2.38. The number of carbonyl (C=O) groups is 2. The fraction of sp³-hybridized carbons (Fsp3) is 0.846. The lowest BCUT2D eigenvalue weighted by molar-refractivity contribution is -0.124.